The Balaban J connectivity index is 2.38. The van der Waals surface area contributed by atoms with Gasteiger partial charge in [-0.1, -0.05) is 26.7 Å². The molecule has 3 N–H and O–H groups in total. The molecule has 5 nitrogen and oxygen atoms in total. The van der Waals surface area contributed by atoms with Crippen molar-refractivity contribution in [2.75, 3.05) is 0 Å². The lowest BCUT2D eigenvalue weighted by molar-refractivity contribution is -0.117. The molecule has 0 saturated heterocycles. The van der Waals surface area contributed by atoms with Crippen LogP contribution in [0.5, 0.6) is 5.75 Å². The first-order valence-electron chi connectivity index (χ1n) is 10.3. The van der Waals surface area contributed by atoms with Crippen LogP contribution in [0, 0.1) is 5.82 Å². The number of nitrogens with zero attached hydrogens (tertiary/aromatic N) is 1. The lowest BCUT2D eigenvalue weighted by atomic mass is 9.92. The smallest absolute Gasteiger partial charge is 0.387 e. The third-order valence-corrected chi connectivity index (χ3v) is 7.60. The molecule has 0 radical (unpaired) electrons. The molecule has 0 aliphatic carbocycles. The maximum absolute atomic E-state index is 14.3. The van der Waals surface area contributed by atoms with Gasteiger partial charge in [0.2, 0.25) is 0 Å². The predicted molar refractivity (Wildman–Crippen MR) is 122 cm³/mol. The zero-order chi connectivity index (χ0) is 24.1. The summed E-state index contributed by atoms with van der Waals surface area (Å²) in [7, 11) is -1.51. The Bertz CT molecular complexity index is 958. The highest BCUT2D eigenvalue weighted by molar-refractivity contribution is 7.87. The van der Waals surface area contributed by atoms with Crippen molar-refractivity contribution in [3.63, 3.8) is 0 Å². The van der Waals surface area contributed by atoms with Crippen molar-refractivity contribution in [1.82, 2.24) is 0 Å². The van der Waals surface area contributed by atoms with Gasteiger partial charge in [0.1, 0.15) is 15.8 Å². The summed E-state index contributed by atoms with van der Waals surface area (Å²) in [6.07, 6.45) is 2.61. The fourth-order valence-electron chi connectivity index (χ4n) is 3.28. The topological polar surface area (TPSA) is 84.9 Å². The van der Waals surface area contributed by atoms with Gasteiger partial charge in [-0.15, -0.1) is 11.3 Å². The summed E-state index contributed by atoms with van der Waals surface area (Å²) in [5, 5.41) is 16.1. The molecule has 0 saturated carbocycles. The number of hydrogen-bond acceptors (Lipinski definition) is 4. The van der Waals surface area contributed by atoms with E-state index in [9.17, 15) is 23.1 Å². The minimum absolute atomic E-state index is 0.0638. The second kappa shape index (κ2) is 11.4. The number of hydrogen-bond donors (Lipinski definition) is 2. The summed E-state index contributed by atoms with van der Waals surface area (Å²) < 4.78 is 48.4. The number of aryl methyl sites for hydroxylation is 2. The summed E-state index contributed by atoms with van der Waals surface area (Å²) in [6, 6.07) is 4.27. The second-order valence-electron chi connectivity index (χ2n) is 7.88. The molecule has 2 aromatic rings. The number of benzene rings is 1. The van der Waals surface area contributed by atoms with Gasteiger partial charge in [-0.05, 0) is 61.6 Å². The molecular formula is C22H29F3N2O3S2. The van der Waals surface area contributed by atoms with Crippen LogP contribution in [0.25, 0.3) is 0 Å². The van der Waals surface area contributed by atoms with Crippen LogP contribution < -0.4 is 9.88 Å². The minimum atomic E-state index is -2.94. The molecular weight excluding hydrogens is 461 g/mol. The Morgan fingerprint density at radius 1 is 1.22 bits per heavy atom. The molecule has 1 aromatic heterocycles. The Morgan fingerprint density at radius 3 is 2.22 bits per heavy atom. The van der Waals surface area contributed by atoms with Gasteiger partial charge in [-0.25, -0.2) is 4.39 Å². The van der Waals surface area contributed by atoms with E-state index < -0.39 is 34.8 Å². The first kappa shape index (κ1) is 26.5. The van der Waals surface area contributed by atoms with Gasteiger partial charge in [0.15, 0.2) is 0 Å². The first-order chi connectivity index (χ1) is 15.0. The zero-order valence-electron chi connectivity index (χ0n) is 18.6. The number of carbonyl (C=O) groups is 1. The van der Waals surface area contributed by atoms with Gasteiger partial charge in [0.05, 0.1) is 12.0 Å². The first-order valence-corrected chi connectivity index (χ1v) is 12.4. The van der Waals surface area contributed by atoms with Crippen molar-refractivity contribution >= 4 is 28.1 Å². The van der Waals surface area contributed by atoms with Gasteiger partial charge in [0.25, 0.3) is 5.91 Å². The molecule has 0 bridgehead atoms. The maximum Gasteiger partial charge on any atom is 0.387 e. The lowest BCUT2D eigenvalue weighted by Crippen LogP contribution is -2.13. The minimum Gasteiger partial charge on any atom is -0.435 e. The molecule has 10 heteroatoms. The van der Waals surface area contributed by atoms with Crippen molar-refractivity contribution in [2.45, 2.75) is 76.2 Å². The number of nitrogens with two attached hydrogens (primary N) is 1. The summed E-state index contributed by atoms with van der Waals surface area (Å²) in [4.78, 5) is 13.1. The molecule has 178 valence electrons. The molecule has 1 heterocycles. The Hall–Kier alpha value is -1.75. The van der Waals surface area contributed by atoms with Crippen LogP contribution in [0.1, 0.15) is 62.1 Å². The fraction of sp³-hybridized carbons (Fsp3) is 0.500. The molecule has 0 fully saturated rings. The number of halogens is 3. The fourth-order valence-corrected chi connectivity index (χ4v) is 5.40. The summed E-state index contributed by atoms with van der Waals surface area (Å²) in [5.74, 6) is -1.06. The normalized spacial score (nSPS) is 13.1. The summed E-state index contributed by atoms with van der Waals surface area (Å²) >= 11 is 0.982. The van der Waals surface area contributed by atoms with Crippen molar-refractivity contribution in [1.29, 1.82) is 0 Å². The molecule has 2 rings (SSSR count). The van der Waals surface area contributed by atoms with Gasteiger partial charge in [-0.3, -0.25) is 9.93 Å². The van der Waals surface area contributed by atoms with Gasteiger partial charge >= 0.3 is 6.61 Å². The molecule has 0 aliphatic heterocycles. The molecule has 0 aliphatic rings. The van der Waals surface area contributed by atoms with E-state index in [1.54, 1.807) is 0 Å². The predicted octanol–water partition coefficient (Wildman–Crippen LogP) is 5.42. The van der Waals surface area contributed by atoms with Gasteiger partial charge in [0, 0.05) is 15.8 Å². The van der Waals surface area contributed by atoms with E-state index in [1.165, 1.54) is 32.0 Å². The number of rotatable bonds is 10. The van der Waals surface area contributed by atoms with Crippen LogP contribution in [0.2, 0.25) is 0 Å². The highest BCUT2D eigenvalue weighted by Gasteiger charge is 2.23. The van der Waals surface area contributed by atoms with E-state index in [0.717, 1.165) is 40.9 Å². The number of carbonyl (C=O) groups excluding carboxylic acids is 1. The van der Waals surface area contributed by atoms with E-state index in [1.807, 2.05) is 13.8 Å². The largest absolute Gasteiger partial charge is 0.435 e. The second-order valence-corrected chi connectivity index (χ2v) is 10.4. The van der Waals surface area contributed by atoms with Crippen molar-refractivity contribution in [3.05, 3.63) is 45.6 Å². The highest BCUT2D eigenvalue weighted by Crippen LogP contribution is 2.32. The molecule has 1 unspecified atom stereocenters. The van der Waals surface area contributed by atoms with Crippen LogP contribution in [-0.4, -0.2) is 17.6 Å². The average molecular weight is 491 g/mol. The number of ether oxygens (including phenoxy) is 1. The van der Waals surface area contributed by atoms with Crippen LogP contribution in [0.3, 0.4) is 0 Å². The summed E-state index contributed by atoms with van der Waals surface area (Å²) in [5.41, 5.74) is 0.997. The third-order valence-electron chi connectivity index (χ3n) is 4.65. The van der Waals surface area contributed by atoms with Crippen molar-refractivity contribution < 1.29 is 27.8 Å². The molecule has 1 atom stereocenters. The third kappa shape index (κ3) is 7.13. The van der Waals surface area contributed by atoms with E-state index in [2.05, 4.69) is 9.10 Å². The SMILES string of the molecule is CCCc1cc(OC(F)F)cc(CCC)c1CC(=O)N=S(N)c1sc(C(C)(C)O)cc1F. The standard InChI is InChI=1S/C22H29F3N2O3S2/c1-5-7-13-9-15(30-21(24)25)10-14(8-6-2)16(13)11-19(28)27-32(26)20-17(23)12-18(31-20)22(3,4)29/h9-10,12,21,29H,5-8,11H2,1-4H3,(H2,26,27,28). The molecule has 0 spiro atoms. The maximum atomic E-state index is 14.3. The zero-order valence-corrected chi connectivity index (χ0v) is 20.2. The van der Waals surface area contributed by atoms with Crippen LogP contribution in [0.4, 0.5) is 13.2 Å². The number of amides is 1. The van der Waals surface area contributed by atoms with E-state index in [4.69, 9.17) is 5.14 Å². The van der Waals surface area contributed by atoms with Crippen LogP contribution in [0.15, 0.2) is 26.8 Å². The Kier molecular flexibility index (Phi) is 9.44. The summed E-state index contributed by atoms with van der Waals surface area (Å²) in [6.45, 7) is 4.03. The highest BCUT2D eigenvalue weighted by atomic mass is 32.2. The van der Waals surface area contributed by atoms with Gasteiger partial charge in [-0.2, -0.15) is 13.1 Å². The van der Waals surface area contributed by atoms with Gasteiger partial charge < -0.3 is 9.84 Å². The monoisotopic (exact) mass is 490 g/mol. The lowest BCUT2D eigenvalue weighted by Gasteiger charge is -2.16. The average Bonchev–Trinajstić information content (AvgIpc) is 3.06. The van der Waals surface area contributed by atoms with E-state index >= 15 is 0 Å². The molecule has 32 heavy (non-hydrogen) atoms. The number of aliphatic hydroxyl groups is 1. The number of thiophene rings is 1. The Labute approximate surface area is 193 Å². The van der Waals surface area contributed by atoms with Crippen LogP contribution in [-0.2, 0) is 40.5 Å². The van der Waals surface area contributed by atoms with Crippen molar-refractivity contribution in [3.8, 4) is 5.75 Å². The molecule has 1 aromatic carbocycles. The van der Waals surface area contributed by atoms with Crippen LogP contribution >= 0.6 is 11.3 Å². The molecule has 1 amide bonds. The number of alkyl halides is 2. The van der Waals surface area contributed by atoms with E-state index in [-0.39, 0.29) is 16.4 Å². The Morgan fingerprint density at radius 2 is 1.78 bits per heavy atom. The van der Waals surface area contributed by atoms with Crippen molar-refractivity contribution in [2.24, 2.45) is 9.50 Å². The van der Waals surface area contributed by atoms with E-state index in [0.29, 0.717) is 17.7 Å². The quantitative estimate of drug-likeness (QED) is 0.465.